The van der Waals surface area contributed by atoms with Gasteiger partial charge in [0.1, 0.15) is 18.9 Å². The van der Waals surface area contributed by atoms with Crippen LogP contribution in [-0.4, -0.2) is 21.8 Å². The predicted molar refractivity (Wildman–Crippen MR) is 169 cm³/mol. The number of thiazole rings is 1. The van der Waals surface area contributed by atoms with E-state index in [1.165, 1.54) is 16.9 Å². The minimum absolute atomic E-state index is 0. The molecule has 1 N–H and O–H groups in total. The molecular weight excluding hydrogens is 624 g/mol. The fraction of sp³-hybridized carbons (Fsp3) is 0.355. The zero-order valence-corrected chi connectivity index (χ0v) is 29.2. The van der Waals surface area contributed by atoms with E-state index in [-0.39, 0.29) is 46.6 Å². The Morgan fingerprint density at radius 3 is 2.61 bits per heavy atom. The van der Waals surface area contributed by atoms with E-state index in [2.05, 4.69) is 41.4 Å². The van der Waals surface area contributed by atoms with Crippen LogP contribution in [0.5, 0.6) is 0 Å². The Morgan fingerprint density at radius 1 is 1.17 bits per heavy atom. The molecule has 210 valence electrons. The van der Waals surface area contributed by atoms with E-state index in [9.17, 15) is 15.0 Å². The molecule has 2 aromatic heterocycles. The number of aryl methyl sites for hydroxylation is 1. The van der Waals surface area contributed by atoms with Crippen LogP contribution in [0.4, 0.5) is 0 Å². The van der Waals surface area contributed by atoms with Gasteiger partial charge in [-0.05, 0) is 85.4 Å². The van der Waals surface area contributed by atoms with Gasteiger partial charge in [0.25, 0.3) is 0 Å². The summed E-state index contributed by atoms with van der Waals surface area (Å²) in [7, 11) is 0. The molecule has 2 heterocycles. The number of hydrogen-bond donors (Lipinski definition) is 1. The van der Waals surface area contributed by atoms with Crippen LogP contribution in [0.1, 0.15) is 72.0 Å². The minimum atomic E-state index is -0.966. The van der Waals surface area contributed by atoms with Crippen LogP contribution in [0, 0.1) is 5.41 Å². The van der Waals surface area contributed by atoms with Crippen molar-refractivity contribution in [3.8, 4) is 0 Å². The molecule has 1 aliphatic carbocycles. The predicted octanol–water partition coefficient (Wildman–Crippen LogP) is 5.39. The molecule has 1 atom stereocenters. The zero-order valence-electron chi connectivity index (χ0n) is 23.3. The first-order valence-electron chi connectivity index (χ1n) is 13.2. The van der Waals surface area contributed by atoms with Crippen LogP contribution in [0.2, 0.25) is 9.36 Å². The normalized spacial score (nSPS) is 15.2. The Morgan fingerprint density at radius 2 is 1.93 bits per heavy atom. The molecule has 10 heteroatoms. The fourth-order valence-electron chi connectivity index (χ4n) is 4.95. The third kappa shape index (κ3) is 8.40. The Kier molecular flexibility index (Phi) is 11.1. The van der Waals surface area contributed by atoms with Gasteiger partial charge in [-0.2, -0.15) is 11.8 Å². The number of thiophene rings is 1. The molecule has 0 aliphatic heterocycles. The van der Waals surface area contributed by atoms with Crippen molar-refractivity contribution in [2.75, 3.05) is 5.75 Å². The quantitative estimate of drug-likeness (QED) is 0.208. The molecule has 5 rings (SSSR count). The number of carbonyl (C=O) groups excluding carboxylic acids is 1. The average Bonchev–Trinajstić information content (AvgIpc) is 3.46. The molecule has 2 aromatic carbocycles. The van der Waals surface area contributed by atoms with Gasteiger partial charge < -0.3 is 15.0 Å². The second kappa shape index (κ2) is 13.8. The van der Waals surface area contributed by atoms with Crippen molar-refractivity contribution in [3.63, 3.8) is 0 Å². The summed E-state index contributed by atoms with van der Waals surface area (Å²) in [5.74, 6) is -0.176. The summed E-state index contributed by atoms with van der Waals surface area (Å²) in [6, 6.07) is 16.6. The third-order valence-corrected chi connectivity index (χ3v) is 12.1. The van der Waals surface area contributed by atoms with Crippen molar-refractivity contribution in [3.05, 3.63) is 85.2 Å². The summed E-state index contributed by atoms with van der Waals surface area (Å²) in [5.41, 5.74) is 4.03. The molecule has 1 fully saturated rings. The molecule has 0 bridgehead atoms. The number of benzene rings is 2. The number of carboxylic acids is 1. The van der Waals surface area contributed by atoms with Crippen LogP contribution in [-0.2, 0) is 16.8 Å². The van der Waals surface area contributed by atoms with E-state index in [1.807, 2.05) is 49.9 Å². The van der Waals surface area contributed by atoms with Gasteiger partial charge >= 0.3 is 29.6 Å². The first-order chi connectivity index (χ1) is 19.0. The molecule has 0 saturated heterocycles. The Balaban J connectivity index is 0.00000387. The van der Waals surface area contributed by atoms with E-state index < -0.39 is 11.6 Å². The largest absolute Gasteiger partial charge is 1.00 e. The first-order valence-corrected chi connectivity index (χ1v) is 16.6. The fourth-order valence-corrected chi connectivity index (χ4v) is 9.32. The average molecular weight is 655 g/mol. The molecule has 0 unspecified atom stereocenters. The maximum absolute atomic E-state index is 11.4. The maximum atomic E-state index is 11.4. The number of rotatable bonds is 12. The van der Waals surface area contributed by atoms with Crippen LogP contribution in [0.25, 0.3) is 21.7 Å². The summed E-state index contributed by atoms with van der Waals surface area (Å²) < 4.78 is 1.58. The van der Waals surface area contributed by atoms with Crippen molar-refractivity contribution >= 4 is 85.3 Å². The number of carbonyl (C=O) groups is 1. The van der Waals surface area contributed by atoms with E-state index in [0.29, 0.717) is 9.36 Å². The number of nitrogens with zero attached hydrogens (tertiary/aromatic N) is 1. The van der Waals surface area contributed by atoms with Crippen LogP contribution in [0.15, 0.2) is 48.5 Å². The number of aliphatic hydroxyl groups is 1. The van der Waals surface area contributed by atoms with Crippen molar-refractivity contribution in [2.24, 2.45) is 5.41 Å². The van der Waals surface area contributed by atoms with E-state index in [0.717, 1.165) is 62.7 Å². The Hall–Kier alpha value is -0.870. The van der Waals surface area contributed by atoms with Gasteiger partial charge in [0, 0.05) is 11.2 Å². The number of aliphatic carboxylic acids is 1. The molecule has 4 nitrogen and oxygen atoms in total. The number of thioether (sulfide) groups is 1. The van der Waals surface area contributed by atoms with Gasteiger partial charge in [-0.1, -0.05) is 77.8 Å². The van der Waals surface area contributed by atoms with E-state index >= 15 is 0 Å². The second-order valence-corrected chi connectivity index (χ2v) is 15.5. The summed E-state index contributed by atoms with van der Waals surface area (Å²) >= 11 is 17.3. The molecule has 4 aromatic rings. The summed E-state index contributed by atoms with van der Waals surface area (Å²) in [6.45, 7) is 3.64. The zero-order chi connectivity index (χ0) is 28.5. The minimum Gasteiger partial charge on any atom is -0.550 e. The van der Waals surface area contributed by atoms with Crippen molar-refractivity contribution < 1.29 is 44.6 Å². The topological polar surface area (TPSA) is 73.2 Å². The monoisotopic (exact) mass is 653 g/mol. The molecule has 1 saturated carbocycles. The smallest absolute Gasteiger partial charge is 0.550 e. The molecule has 0 radical (unpaired) electrons. The van der Waals surface area contributed by atoms with Gasteiger partial charge in [0.15, 0.2) is 0 Å². The third-order valence-electron chi connectivity index (χ3n) is 7.30. The van der Waals surface area contributed by atoms with Crippen LogP contribution >= 0.6 is 57.6 Å². The molecule has 0 spiro atoms. The van der Waals surface area contributed by atoms with Gasteiger partial charge in [-0.25, -0.2) is 4.98 Å². The second-order valence-electron chi connectivity index (χ2n) is 11.0. The number of carboxylic acid groups (broad SMARTS) is 1. The number of halogens is 2. The van der Waals surface area contributed by atoms with Gasteiger partial charge in [0.05, 0.1) is 10.6 Å². The SMILES string of the molecule is CC(C)(O)c1ccccc1CC[C@@H](SCC1(CC(=O)[O-])CC1)c1cccc(C=Cc2nc3c(Cl)c(Cl)sc3s2)c1.[Na+]. The number of aromatic nitrogens is 1. The standard InChI is InChI=1S/C31H31Cl2NO3S3.Na/c1-30(2,37)22-9-4-3-7-20(22)11-12-23(38-18-31(14-15-31)17-25(35)36)21-8-5-6-19(16-21)10-13-24-34-27-26(32)28(33)40-29(27)39-24;/h3-10,13,16,23,37H,11-12,14-15,17-18H2,1-2H3,(H,35,36);/q;+1/p-1/t23-;/m1./s1. The van der Waals surface area contributed by atoms with Gasteiger partial charge in [0.2, 0.25) is 0 Å². The van der Waals surface area contributed by atoms with E-state index in [1.54, 1.807) is 11.3 Å². The molecular formula is C31H30Cl2NNaO3S3. The van der Waals surface area contributed by atoms with Crippen LogP contribution < -0.4 is 34.7 Å². The Bertz CT molecular complexity index is 1560. The van der Waals surface area contributed by atoms with Gasteiger partial charge in [-0.3, -0.25) is 0 Å². The van der Waals surface area contributed by atoms with Crippen LogP contribution in [0.3, 0.4) is 0 Å². The van der Waals surface area contributed by atoms with Crippen molar-refractivity contribution in [1.29, 1.82) is 0 Å². The van der Waals surface area contributed by atoms with Crippen molar-refractivity contribution in [2.45, 2.75) is 56.8 Å². The van der Waals surface area contributed by atoms with E-state index in [4.69, 9.17) is 23.2 Å². The Labute approximate surface area is 285 Å². The summed E-state index contributed by atoms with van der Waals surface area (Å²) in [4.78, 5) is 16.0. The molecule has 0 amide bonds. The summed E-state index contributed by atoms with van der Waals surface area (Å²) in [6.07, 6.45) is 7.74. The number of fused-ring (bicyclic) bond motifs is 1. The van der Waals surface area contributed by atoms with Gasteiger partial charge in [-0.15, -0.1) is 22.7 Å². The molecule has 1 aliphatic rings. The van der Waals surface area contributed by atoms with Crippen molar-refractivity contribution in [1.82, 2.24) is 4.98 Å². The molecule has 41 heavy (non-hydrogen) atoms. The number of hydrogen-bond acceptors (Lipinski definition) is 7. The maximum Gasteiger partial charge on any atom is 1.00 e. The first kappa shape index (κ1) is 33.0. The summed E-state index contributed by atoms with van der Waals surface area (Å²) in [5, 5.41) is 23.6.